The second kappa shape index (κ2) is 3.76. The van der Waals surface area contributed by atoms with Gasteiger partial charge in [-0.05, 0) is 24.7 Å². The van der Waals surface area contributed by atoms with Crippen LogP contribution in [-0.4, -0.2) is 0 Å². The van der Waals surface area contributed by atoms with Crippen molar-refractivity contribution < 1.29 is 0 Å². The van der Waals surface area contributed by atoms with Crippen LogP contribution in [0.1, 0.15) is 39.5 Å². The minimum absolute atomic E-state index is 0.317. The molecule has 0 aromatic rings. The molecule has 0 radical (unpaired) electrons. The van der Waals surface area contributed by atoms with E-state index in [1.807, 2.05) is 0 Å². The van der Waals surface area contributed by atoms with E-state index in [9.17, 15) is 0 Å². The van der Waals surface area contributed by atoms with E-state index in [4.69, 9.17) is 5.26 Å². The van der Waals surface area contributed by atoms with Gasteiger partial charge in [-0.15, -0.1) is 0 Å². The van der Waals surface area contributed by atoms with E-state index in [0.717, 1.165) is 0 Å². The van der Waals surface area contributed by atoms with E-state index >= 15 is 0 Å². The van der Waals surface area contributed by atoms with Gasteiger partial charge in [0, 0.05) is 0 Å². The molecule has 1 fully saturated rings. The van der Waals surface area contributed by atoms with Gasteiger partial charge in [0.05, 0.1) is 12.0 Å². The molecule has 1 aliphatic carbocycles. The second-order valence-corrected chi connectivity index (χ2v) is 3.94. The van der Waals surface area contributed by atoms with Crippen LogP contribution in [0.2, 0.25) is 0 Å². The molecule has 0 bridgehead atoms. The number of hydrogen-bond donors (Lipinski definition) is 0. The predicted octanol–water partition coefficient (Wildman–Crippen LogP) is 2.97. The molecule has 0 aliphatic heterocycles. The molecule has 1 atom stereocenters. The van der Waals surface area contributed by atoms with Gasteiger partial charge < -0.3 is 0 Å². The lowest BCUT2D eigenvalue weighted by molar-refractivity contribution is 0.326. The Morgan fingerprint density at radius 1 is 1.27 bits per heavy atom. The van der Waals surface area contributed by atoms with Crippen LogP contribution in [0.25, 0.3) is 0 Å². The van der Waals surface area contributed by atoms with Crippen molar-refractivity contribution in [2.45, 2.75) is 39.5 Å². The van der Waals surface area contributed by atoms with Crippen LogP contribution in [0.4, 0.5) is 0 Å². The Bertz CT molecular complexity index is 149. The minimum atomic E-state index is 0.317. The topological polar surface area (TPSA) is 23.8 Å². The first kappa shape index (κ1) is 8.59. The Hall–Kier alpha value is -0.510. The molecule has 0 aromatic carbocycles. The maximum atomic E-state index is 8.91. The first-order valence-corrected chi connectivity index (χ1v) is 4.65. The fraction of sp³-hybridized carbons (Fsp3) is 0.900. The van der Waals surface area contributed by atoms with E-state index in [1.165, 1.54) is 25.7 Å². The monoisotopic (exact) mass is 151 g/mol. The van der Waals surface area contributed by atoms with Gasteiger partial charge in [-0.2, -0.15) is 5.26 Å². The van der Waals surface area contributed by atoms with Crippen LogP contribution >= 0.6 is 0 Å². The van der Waals surface area contributed by atoms with Crippen molar-refractivity contribution in [1.82, 2.24) is 0 Å². The average Bonchev–Trinajstić information content (AvgIpc) is 2.40. The number of nitrogens with zero attached hydrogens (tertiary/aromatic N) is 1. The summed E-state index contributed by atoms with van der Waals surface area (Å²) < 4.78 is 0. The summed E-state index contributed by atoms with van der Waals surface area (Å²) in [5.74, 6) is 1.57. The van der Waals surface area contributed by atoms with Gasteiger partial charge in [0.15, 0.2) is 0 Å². The van der Waals surface area contributed by atoms with Crippen molar-refractivity contribution in [2.24, 2.45) is 17.8 Å². The van der Waals surface area contributed by atoms with Gasteiger partial charge in [-0.1, -0.05) is 26.7 Å². The summed E-state index contributed by atoms with van der Waals surface area (Å²) in [5.41, 5.74) is 0. The summed E-state index contributed by atoms with van der Waals surface area (Å²) in [6, 6.07) is 2.44. The van der Waals surface area contributed by atoms with Crippen LogP contribution in [0.15, 0.2) is 0 Å². The highest BCUT2D eigenvalue weighted by Crippen LogP contribution is 2.34. The third-order valence-corrected chi connectivity index (χ3v) is 2.78. The summed E-state index contributed by atoms with van der Waals surface area (Å²) in [6.07, 6.45) is 5.26. The van der Waals surface area contributed by atoms with E-state index in [-0.39, 0.29) is 0 Å². The van der Waals surface area contributed by atoms with Gasteiger partial charge >= 0.3 is 0 Å². The smallest absolute Gasteiger partial charge is 0.0661 e. The molecule has 0 N–H and O–H groups in total. The maximum absolute atomic E-state index is 8.91. The molecule has 0 aromatic heterocycles. The Kier molecular flexibility index (Phi) is 2.93. The standard InChI is InChI=1S/C10H17N/c1-8(2)10(7-11)9-5-3-4-6-9/h8-10H,3-6H2,1-2H3. The van der Waals surface area contributed by atoms with Crippen molar-refractivity contribution in [2.75, 3.05) is 0 Å². The van der Waals surface area contributed by atoms with Crippen molar-refractivity contribution in [1.29, 1.82) is 5.26 Å². The van der Waals surface area contributed by atoms with Crippen LogP contribution in [0.3, 0.4) is 0 Å². The van der Waals surface area contributed by atoms with Crippen LogP contribution in [0, 0.1) is 29.1 Å². The van der Waals surface area contributed by atoms with E-state index in [2.05, 4.69) is 19.9 Å². The highest BCUT2D eigenvalue weighted by atomic mass is 14.4. The molecule has 1 aliphatic rings. The molecule has 1 nitrogen and oxygen atoms in total. The fourth-order valence-corrected chi connectivity index (χ4v) is 2.12. The second-order valence-electron chi connectivity index (χ2n) is 3.94. The van der Waals surface area contributed by atoms with Gasteiger partial charge in [0.2, 0.25) is 0 Å². The highest BCUT2D eigenvalue weighted by molar-refractivity contribution is 4.91. The van der Waals surface area contributed by atoms with Crippen LogP contribution in [0.5, 0.6) is 0 Å². The number of nitriles is 1. The van der Waals surface area contributed by atoms with Crippen molar-refractivity contribution >= 4 is 0 Å². The van der Waals surface area contributed by atoms with Crippen molar-refractivity contribution in [3.8, 4) is 6.07 Å². The van der Waals surface area contributed by atoms with Crippen LogP contribution in [-0.2, 0) is 0 Å². The third kappa shape index (κ3) is 1.96. The Morgan fingerprint density at radius 2 is 1.82 bits per heavy atom. The summed E-state index contributed by atoms with van der Waals surface area (Å²) in [6.45, 7) is 4.32. The molecular weight excluding hydrogens is 134 g/mol. The Balaban J connectivity index is 2.48. The van der Waals surface area contributed by atoms with Gasteiger partial charge in [-0.3, -0.25) is 0 Å². The molecule has 1 rings (SSSR count). The largest absolute Gasteiger partial charge is 0.198 e. The normalized spacial score (nSPS) is 22.0. The highest BCUT2D eigenvalue weighted by Gasteiger charge is 2.26. The molecular formula is C10H17N. The number of hydrogen-bond acceptors (Lipinski definition) is 1. The first-order chi connectivity index (χ1) is 5.25. The summed E-state index contributed by atoms with van der Waals surface area (Å²) in [5, 5.41) is 8.91. The summed E-state index contributed by atoms with van der Waals surface area (Å²) >= 11 is 0. The van der Waals surface area contributed by atoms with Crippen molar-refractivity contribution in [3.05, 3.63) is 0 Å². The van der Waals surface area contributed by atoms with Gasteiger partial charge in [-0.25, -0.2) is 0 Å². The third-order valence-electron chi connectivity index (χ3n) is 2.78. The Morgan fingerprint density at radius 3 is 2.18 bits per heavy atom. The lowest BCUT2D eigenvalue weighted by Crippen LogP contribution is -2.15. The van der Waals surface area contributed by atoms with Gasteiger partial charge in [0.1, 0.15) is 0 Å². The summed E-state index contributed by atoms with van der Waals surface area (Å²) in [4.78, 5) is 0. The van der Waals surface area contributed by atoms with E-state index < -0.39 is 0 Å². The maximum Gasteiger partial charge on any atom is 0.0661 e. The molecule has 1 unspecified atom stereocenters. The molecule has 62 valence electrons. The fourth-order valence-electron chi connectivity index (χ4n) is 2.12. The SMILES string of the molecule is CC(C)C(C#N)C1CCCC1. The Labute approximate surface area is 69.4 Å². The average molecular weight is 151 g/mol. The molecule has 0 spiro atoms. The lowest BCUT2D eigenvalue weighted by Gasteiger charge is -2.19. The summed E-state index contributed by atoms with van der Waals surface area (Å²) in [7, 11) is 0. The quantitative estimate of drug-likeness (QED) is 0.595. The van der Waals surface area contributed by atoms with Crippen LogP contribution < -0.4 is 0 Å². The molecule has 0 saturated heterocycles. The molecule has 11 heavy (non-hydrogen) atoms. The zero-order chi connectivity index (χ0) is 8.27. The van der Waals surface area contributed by atoms with Gasteiger partial charge in [0.25, 0.3) is 0 Å². The predicted molar refractivity (Wildman–Crippen MR) is 45.9 cm³/mol. The number of rotatable bonds is 2. The molecule has 1 heteroatoms. The molecule has 0 amide bonds. The molecule has 0 heterocycles. The molecule has 1 saturated carbocycles. The van der Waals surface area contributed by atoms with E-state index in [1.54, 1.807) is 0 Å². The van der Waals surface area contributed by atoms with Crippen molar-refractivity contribution in [3.63, 3.8) is 0 Å². The minimum Gasteiger partial charge on any atom is -0.198 e. The van der Waals surface area contributed by atoms with E-state index in [0.29, 0.717) is 17.8 Å². The zero-order valence-corrected chi connectivity index (χ0v) is 7.51. The lowest BCUT2D eigenvalue weighted by atomic mass is 9.83. The zero-order valence-electron chi connectivity index (χ0n) is 7.51. The first-order valence-electron chi connectivity index (χ1n) is 4.65.